The highest BCUT2D eigenvalue weighted by Gasteiger charge is 2.32. The molecule has 1 heterocycles. The van der Waals surface area contributed by atoms with E-state index in [2.05, 4.69) is 9.62 Å². The molecule has 1 N–H and O–H groups in total. The lowest BCUT2D eigenvalue weighted by molar-refractivity contribution is 0.0980. The number of nitrogens with one attached hydrogen (secondary N) is 1. The van der Waals surface area contributed by atoms with E-state index in [1.807, 2.05) is 0 Å². The largest absolute Gasteiger partial charge is 0.488 e. The van der Waals surface area contributed by atoms with Crippen LogP contribution in [0.3, 0.4) is 0 Å². The van der Waals surface area contributed by atoms with Crippen LogP contribution in [0.15, 0.2) is 36.4 Å². The molecule has 5 rings (SSSR count). The monoisotopic (exact) mass is 444 g/mol. The normalized spacial score (nSPS) is 21.1. The molecule has 31 heavy (non-hydrogen) atoms. The Kier molecular flexibility index (Phi) is 5.78. The number of rotatable bonds is 7. The summed E-state index contributed by atoms with van der Waals surface area (Å²) in [6, 6.07) is 9.56. The van der Waals surface area contributed by atoms with E-state index in [1.54, 1.807) is 18.2 Å². The van der Waals surface area contributed by atoms with Crippen LogP contribution in [0.5, 0.6) is 5.75 Å². The molecule has 1 atom stereocenters. The minimum Gasteiger partial charge on any atom is -0.488 e. The minimum atomic E-state index is -0.542. The number of ether oxygens (including phenoxy) is 1. The standard InChI is InChI=1S/C24H26F2N2O2S/c25-16-5-7-17(8-6-16)28-11-1-2-18(14-28)30-23-13-22(26)21(12-20(23)15-3-4-15)24(29)27-31-19-9-10-19/h5-8,12-13,15,18-19H,1-4,9-11,14H2,(H,27,29)/t18-/m1/s1. The van der Waals surface area contributed by atoms with Crippen LogP contribution in [-0.4, -0.2) is 30.4 Å². The third kappa shape index (κ3) is 4.97. The van der Waals surface area contributed by atoms with Gasteiger partial charge in [0.25, 0.3) is 5.91 Å². The second kappa shape index (κ2) is 8.69. The molecule has 1 amide bonds. The smallest absolute Gasteiger partial charge is 0.264 e. The van der Waals surface area contributed by atoms with E-state index >= 15 is 0 Å². The zero-order valence-electron chi connectivity index (χ0n) is 17.3. The summed E-state index contributed by atoms with van der Waals surface area (Å²) in [5, 5.41) is 0.466. The Morgan fingerprint density at radius 1 is 1.06 bits per heavy atom. The van der Waals surface area contributed by atoms with Gasteiger partial charge in [0.1, 0.15) is 23.5 Å². The topological polar surface area (TPSA) is 41.6 Å². The molecule has 0 unspecified atom stereocenters. The quantitative estimate of drug-likeness (QED) is 0.578. The number of nitrogens with zero attached hydrogens (tertiary/aromatic N) is 1. The number of amides is 1. The van der Waals surface area contributed by atoms with Gasteiger partial charge in [-0.2, -0.15) is 0 Å². The molecule has 2 aromatic carbocycles. The van der Waals surface area contributed by atoms with Crippen molar-refractivity contribution in [2.24, 2.45) is 0 Å². The Morgan fingerprint density at radius 2 is 1.84 bits per heavy atom. The number of halogens is 2. The Hall–Kier alpha value is -2.28. The molecule has 2 aromatic rings. The second-order valence-electron chi connectivity index (χ2n) is 8.70. The first kappa shape index (κ1) is 20.6. The van der Waals surface area contributed by atoms with Crippen molar-refractivity contribution in [2.45, 2.75) is 55.8 Å². The van der Waals surface area contributed by atoms with Crippen LogP contribution in [0, 0.1) is 11.6 Å². The predicted octanol–water partition coefficient (Wildman–Crippen LogP) is 5.43. The minimum absolute atomic E-state index is 0.0826. The first-order chi connectivity index (χ1) is 15.1. The molecule has 0 spiro atoms. The SMILES string of the molecule is O=C(NSC1CC1)c1cc(C2CC2)c(O[C@@H]2CCCN(c3ccc(F)cc3)C2)cc1F. The van der Waals surface area contributed by atoms with E-state index in [-0.39, 0.29) is 23.4 Å². The molecule has 0 bridgehead atoms. The van der Waals surface area contributed by atoms with Gasteiger partial charge in [-0.15, -0.1) is 0 Å². The van der Waals surface area contributed by atoms with Crippen LogP contribution in [0.1, 0.15) is 60.4 Å². The fourth-order valence-electron chi connectivity index (χ4n) is 4.04. The Morgan fingerprint density at radius 3 is 2.55 bits per heavy atom. The lowest BCUT2D eigenvalue weighted by atomic mass is 10.0. The third-order valence-electron chi connectivity index (χ3n) is 6.07. The van der Waals surface area contributed by atoms with E-state index in [1.165, 1.54) is 30.1 Å². The maximum atomic E-state index is 14.8. The number of carbonyl (C=O) groups excluding carboxylic acids is 1. The van der Waals surface area contributed by atoms with Gasteiger partial charge >= 0.3 is 0 Å². The maximum absolute atomic E-state index is 14.8. The number of piperidine rings is 1. The third-order valence-corrected chi connectivity index (χ3v) is 7.18. The summed E-state index contributed by atoms with van der Waals surface area (Å²) in [5.41, 5.74) is 1.99. The summed E-state index contributed by atoms with van der Waals surface area (Å²) in [6.07, 6.45) is 6.01. The summed E-state index contributed by atoms with van der Waals surface area (Å²) < 4.78 is 37.2. The van der Waals surface area contributed by atoms with Crippen molar-refractivity contribution in [3.63, 3.8) is 0 Å². The first-order valence-electron chi connectivity index (χ1n) is 11.0. The summed E-state index contributed by atoms with van der Waals surface area (Å²) >= 11 is 1.39. The highest BCUT2D eigenvalue weighted by molar-refractivity contribution is 7.98. The van der Waals surface area contributed by atoms with Crippen LogP contribution in [-0.2, 0) is 0 Å². The molecule has 0 aromatic heterocycles. The molecule has 3 fully saturated rings. The van der Waals surface area contributed by atoms with Crippen molar-refractivity contribution in [3.8, 4) is 5.75 Å². The van der Waals surface area contributed by atoms with Crippen molar-refractivity contribution < 1.29 is 18.3 Å². The lowest BCUT2D eigenvalue weighted by Crippen LogP contribution is -2.41. The summed E-state index contributed by atoms with van der Waals surface area (Å²) in [5.74, 6) is -0.285. The van der Waals surface area contributed by atoms with E-state index in [0.717, 1.165) is 56.3 Å². The molecular weight excluding hydrogens is 418 g/mol. The van der Waals surface area contributed by atoms with Crippen molar-refractivity contribution in [1.82, 2.24) is 4.72 Å². The van der Waals surface area contributed by atoms with Gasteiger partial charge in [-0.1, -0.05) is 0 Å². The highest BCUT2D eigenvalue weighted by Crippen LogP contribution is 2.45. The molecule has 7 heteroatoms. The molecule has 4 nitrogen and oxygen atoms in total. The summed E-state index contributed by atoms with van der Waals surface area (Å²) in [6.45, 7) is 1.55. The van der Waals surface area contributed by atoms with Gasteiger partial charge in [-0.3, -0.25) is 9.52 Å². The van der Waals surface area contributed by atoms with Crippen LogP contribution in [0.4, 0.5) is 14.5 Å². The average molecular weight is 445 g/mol. The Labute approximate surface area is 185 Å². The second-order valence-corrected chi connectivity index (χ2v) is 9.80. The van der Waals surface area contributed by atoms with Crippen LogP contribution < -0.4 is 14.4 Å². The Bertz CT molecular complexity index is 961. The van der Waals surface area contributed by atoms with E-state index in [0.29, 0.717) is 23.5 Å². The van der Waals surface area contributed by atoms with Crippen LogP contribution >= 0.6 is 11.9 Å². The number of benzene rings is 2. The summed E-state index contributed by atoms with van der Waals surface area (Å²) in [4.78, 5) is 14.7. The molecule has 3 aliphatic rings. The fraction of sp³-hybridized carbons (Fsp3) is 0.458. The van der Waals surface area contributed by atoms with Gasteiger partial charge in [-0.05, 0) is 92.3 Å². The average Bonchev–Trinajstić information content (AvgIpc) is 3.67. The van der Waals surface area contributed by atoms with Crippen LogP contribution in [0.2, 0.25) is 0 Å². The van der Waals surface area contributed by atoms with Gasteiger partial charge in [0.2, 0.25) is 0 Å². The van der Waals surface area contributed by atoms with Gasteiger partial charge in [0.05, 0.1) is 12.1 Å². The van der Waals surface area contributed by atoms with E-state index in [4.69, 9.17) is 4.74 Å². The zero-order valence-corrected chi connectivity index (χ0v) is 18.1. The van der Waals surface area contributed by atoms with Crippen molar-refractivity contribution in [1.29, 1.82) is 0 Å². The lowest BCUT2D eigenvalue weighted by Gasteiger charge is -2.35. The van der Waals surface area contributed by atoms with Crippen LogP contribution in [0.25, 0.3) is 0 Å². The number of carbonyl (C=O) groups is 1. The number of hydrogen-bond acceptors (Lipinski definition) is 4. The summed E-state index contributed by atoms with van der Waals surface area (Å²) in [7, 11) is 0. The van der Waals surface area contributed by atoms with Gasteiger partial charge < -0.3 is 9.64 Å². The number of hydrogen-bond donors (Lipinski definition) is 1. The van der Waals surface area contributed by atoms with E-state index < -0.39 is 5.82 Å². The van der Waals surface area contributed by atoms with Crippen molar-refractivity contribution in [2.75, 3.05) is 18.0 Å². The molecule has 1 aliphatic heterocycles. The van der Waals surface area contributed by atoms with E-state index in [9.17, 15) is 13.6 Å². The van der Waals surface area contributed by atoms with Gasteiger partial charge in [0.15, 0.2) is 0 Å². The maximum Gasteiger partial charge on any atom is 0.264 e. The molecule has 2 saturated carbocycles. The van der Waals surface area contributed by atoms with Gasteiger partial charge in [0, 0.05) is 23.5 Å². The van der Waals surface area contributed by atoms with Gasteiger partial charge in [-0.25, -0.2) is 8.78 Å². The first-order valence-corrected chi connectivity index (χ1v) is 11.9. The fourth-order valence-corrected chi connectivity index (χ4v) is 4.79. The molecule has 2 aliphatic carbocycles. The molecular formula is C24H26F2N2O2S. The Balaban J connectivity index is 1.31. The zero-order chi connectivity index (χ0) is 21.4. The van der Waals surface area contributed by atoms with Crippen molar-refractivity contribution >= 4 is 23.5 Å². The molecule has 0 radical (unpaired) electrons. The molecule has 164 valence electrons. The van der Waals surface area contributed by atoms with Crippen molar-refractivity contribution in [3.05, 3.63) is 59.2 Å². The number of anilines is 1. The highest BCUT2D eigenvalue weighted by atomic mass is 32.2. The molecule has 1 saturated heterocycles. The predicted molar refractivity (Wildman–Crippen MR) is 119 cm³/mol.